The van der Waals surface area contributed by atoms with E-state index in [0.29, 0.717) is 35.0 Å². The van der Waals surface area contributed by atoms with Gasteiger partial charge in [0.1, 0.15) is 0 Å². The number of piperidine rings is 1. The Balaban J connectivity index is 1.68. The molecule has 1 heterocycles. The van der Waals surface area contributed by atoms with E-state index in [0.717, 1.165) is 16.8 Å². The number of nitrogens with zero attached hydrogens (tertiary/aromatic N) is 1. The van der Waals surface area contributed by atoms with Crippen LogP contribution in [0, 0.1) is 19.8 Å². The molecule has 0 aromatic heterocycles. The highest BCUT2D eigenvalue weighted by Crippen LogP contribution is 2.27. The maximum atomic E-state index is 12.9. The lowest BCUT2D eigenvalue weighted by Crippen LogP contribution is -2.44. The molecule has 1 fully saturated rings. The predicted molar refractivity (Wildman–Crippen MR) is 118 cm³/mol. The van der Waals surface area contributed by atoms with Crippen molar-refractivity contribution < 1.29 is 13.2 Å². The van der Waals surface area contributed by atoms with Gasteiger partial charge in [0.25, 0.3) is 0 Å². The van der Waals surface area contributed by atoms with Gasteiger partial charge in [0, 0.05) is 28.8 Å². The van der Waals surface area contributed by atoms with E-state index in [1.165, 1.54) is 10.4 Å². The van der Waals surface area contributed by atoms with Gasteiger partial charge in [-0.15, -0.1) is 0 Å². The minimum Gasteiger partial charge on any atom is -0.326 e. The van der Waals surface area contributed by atoms with Crippen LogP contribution in [0.4, 0.5) is 5.69 Å². The third-order valence-electron chi connectivity index (χ3n) is 5.28. The number of amides is 1. The molecule has 0 aliphatic carbocycles. The van der Waals surface area contributed by atoms with Crippen LogP contribution in [0.1, 0.15) is 29.5 Å². The summed E-state index contributed by atoms with van der Waals surface area (Å²) in [5.74, 6) is -0.757. The number of halogens is 2. The first kappa shape index (κ1) is 22.1. The number of nitrogens with one attached hydrogen (secondary N) is 1. The van der Waals surface area contributed by atoms with E-state index in [2.05, 4.69) is 5.32 Å². The number of anilines is 1. The highest BCUT2D eigenvalue weighted by atomic mass is 35.5. The van der Waals surface area contributed by atoms with Crippen molar-refractivity contribution in [3.63, 3.8) is 0 Å². The van der Waals surface area contributed by atoms with Crippen LogP contribution in [0.2, 0.25) is 10.0 Å². The fraction of sp³-hybridized carbons (Fsp3) is 0.381. The fourth-order valence-corrected chi connectivity index (χ4v) is 5.60. The van der Waals surface area contributed by atoms with Gasteiger partial charge < -0.3 is 5.32 Å². The average Bonchev–Trinajstić information content (AvgIpc) is 2.67. The lowest BCUT2D eigenvalue weighted by molar-refractivity contribution is -0.120. The second kappa shape index (κ2) is 9.04. The molecule has 1 N–H and O–H groups in total. The van der Waals surface area contributed by atoms with E-state index in [-0.39, 0.29) is 24.1 Å². The fourth-order valence-electron chi connectivity index (χ4n) is 3.40. The third kappa shape index (κ3) is 5.51. The lowest BCUT2D eigenvalue weighted by Gasteiger charge is -2.31. The van der Waals surface area contributed by atoms with E-state index < -0.39 is 10.0 Å². The van der Waals surface area contributed by atoms with Crippen LogP contribution < -0.4 is 5.32 Å². The van der Waals surface area contributed by atoms with Crippen LogP contribution in [-0.2, 0) is 20.6 Å². The van der Waals surface area contributed by atoms with Crippen LogP contribution in [0.5, 0.6) is 0 Å². The highest BCUT2D eigenvalue weighted by molar-refractivity contribution is 7.88. The first-order chi connectivity index (χ1) is 13.7. The van der Waals surface area contributed by atoms with Crippen LogP contribution in [0.3, 0.4) is 0 Å². The minimum absolute atomic E-state index is 0.155. The second-order valence-corrected chi connectivity index (χ2v) is 10.3. The molecule has 2 aromatic carbocycles. The summed E-state index contributed by atoms with van der Waals surface area (Å²) in [6.45, 7) is 4.57. The Bertz CT molecular complexity index is 1020. The number of carbonyl (C=O) groups excluding carboxylic acids is 1. The van der Waals surface area contributed by atoms with Crippen LogP contribution in [0.15, 0.2) is 36.4 Å². The number of sulfonamides is 1. The number of carbonyl (C=O) groups is 1. The molecule has 29 heavy (non-hydrogen) atoms. The Morgan fingerprint density at radius 1 is 1.14 bits per heavy atom. The Labute approximate surface area is 182 Å². The first-order valence-electron chi connectivity index (χ1n) is 9.45. The minimum atomic E-state index is -3.60. The SMILES string of the molecule is Cc1ccc(NC(=O)[C@@H]2CCCN(S(=O)(=O)Cc3ccc(Cl)cc3Cl)C2)cc1C. The molecular formula is C21H24Cl2N2O3S. The lowest BCUT2D eigenvalue weighted by atomic mass is 9.98. The molecule has 1 aliphatic heterocycles. The molecule has 8 heteroatoms. The molecule has 1 aliphatic rings. The monoisotopic (exact) mass is 454 g/mol. The first-order valence-corrected chi connectivity index (χ1v) is 11.8. The standard InChI is InChI=1S/C21H24Cl2N2O3S/c1-14-5-8-19(10-15(14)2)24-21(26)16-4-3-9-25(12-16)29(27,28)13-17-6-7-18(22)11-20(17)23/h5-8,10-11,16H,3-4,9,12-13H2,1-2H3,(H,24,26)/t16-/m1/s1. The number of aryl methyl sites for hydroxylation is 2. The van der Waals surface area contributed by atoms with E-state index in [1.54, 1.807) is 12.1 Å². The summed E-state index contributed by atoms with van der Waals surface area (Å²) >= 11 is 12.0. The van der Waals surface area contributed by atoms with Gasteiger partial charge in [0.15, 0.2) is 0 Å². The second-order valence-electron chi connectivity index (χ2n) is 7.48. The van der Waals surface area contributed by atoms with Crippen LogP contribution in [-0.4, -0.2) is 31.7 Å². The quantitative estimate of drug-likeness (QED) is 0.705. The van der Waals surface area contributed by atoms with Gasteiger partial charge >= 0.3 is 0 Å². The molecule has 0 radical (unpaired) electrons. The predicted octanol–water partition coefficient (Wildman–Crippen LogP) is 4.79. The van der Waals surface area contributed by atoms with Crippen LogP contribution >= 0.6 is 23.2 Å². The Morgan fingerprint density at radius 2 is 1.90 bits per heavy atom. The summed E-state index contributed by atoms with van der Waals surface area (Å²) in [6, 6.07) is 10.5. The Hall–Kier alpha value is -1.60. The van der Waals surface area contributed by atoms with Gasteiger partial charge in [-0.3, -0.25) is 4.79 Å². The molecule has 0 saturated carbocycles. The Morgan fingerprint density at radius 3 is 2.59 bits per heavy atom. The van der Waals surface area contributed by atoms with Gasteiger partial charge in [0.05, 0.1) is 11.7 Å². The molecule has 2 aromatic rings. The van der Waals surface area contributed by atoms with Crippen molar-refractivity contribution in [2.75, 3.05) is 18.4 Å². The number of hydrogen-bond acceptors (Lipinski definition) is 3. The molecule has 5 nitrogen and oxygen atoms in total. The molecule has 0 bridgehead atoms. The highest BCUT2D eigenvalue weighted by Gasteiger charge is 2.32. The number of hydrogen-bond donors (Lipinski definition) is 1. The number of benzene rings is 2. The normalized spacial score (nSPS) is 17.9. The van der Waals surface area contributed by atoms with Gasteiger partial charge in [0.2, 0.25) is 15.9 Å². The number of rotatable bonds is 5. The molecule has 1 atom stereocenters. The van der Waals surface area contributed by atoms with Crippen molar-refractivity contribution in [3.05, 3.63) is 63.1 Å². The molecule has 0 spiro atoms. The van der Waals surface area contributed by atoms with E-state index in [9.17, 15) is 13.2 Å². The summed E-state index contributed by atoms with van der Waals surface area (Å²) in [7, 11) is -3.60. The van der Waals surface area contributed by atoms with E-state index >= 15 is 0 Å². The maximum absolute atomic E-state index is 12.9. The molecule has 1 amide bonds. The van der Waals surface area contributed by atoms with E-state index in [1.807, 2.05) is 32.0 Å². The zero-order valence-electron chi connectivity index (χ0n) is 16.4. The van der Waals surface area contributed by atoms with Crippen molar-refractivity contribution in [1.82, 2.24) is 4.31 Å². The summed E-state index contributed by atoms with van der Waals surface area (Å²) in [4.78, 5) is 12.7. The van der Waals surface area contributed by atoms with Gasteiger partial charge in [-0.25, -0.2) is 12.7 Å². The maximum Gasteiger partial charge on any atom is 0.228 e. The Kier molecular flexibility index (Phi) is 6.89. The van der Waals surface area contributed by atoms with Crippen molar-refractivity contribution in [3.8, 4) is 0 Å². The zero-order chi connectivity index (χ0) is 21.2. The largest absolute Gasteiger partial charge is 0.326 e. The smallest absolute Gasteiger partial charge is 0.228 e. The van der Waals surface area contributed by atoms with E-state index in [4.69, 9.17) is 23.2 Å². The summed E-state index contributed by atoms with van der Waals surface area (Å²) in [5.41, 5.74) is 3.47. The van der Waals surface area contributed by atoms with Crippen molar-refractivity contribution >= 4 is 44.8 Å². The molecule has 0 unspecified atom stereocenters. The zero-order valence-corrected chi connectivity index (χ0v) is 18.7. The van der Waals surface area contributed by atoms with Gasteiger partial charge in [-0.1, -0.05) is 35.3 Å². The van der Waals surface area contributed by atoms with Crippen LogP contribution in [0.25, 0.3) is 0 Å². The van der Waals surface area contributed by atoms with Crippen molar-refractivity contribution in [2.45, 2.75) is 32.4 Å². The van der Waals surface area contributed by atoms with Crippen molar-refractivity contribution in [2.24, 2.45) is 5.92 Å². The third-order valence-corrected chi connectivity index (χ3v) is 7.66. The summed E-state index contributed by atoms with van der Waals surface area (Å²) in [6.07, 6.45) is 1.29. The van der Waals surface area contributed by atoms with Crippen molar-refractivity contribution in [1.29, 1.82) is 0 Å². The summed E-state index contributed by atoms with van der Waals surface area (Å²) in [5, 5.41) is 3.70. The molecule has 1 saturated heterocycles. The average molecular weight is 455 g/mol. The summed E-state index contributed by atoms with van der Waals surface area (Å²) < 4.78 is 27.2. The van der Waals surface area contributed by atoms with Gasteiger partial charge in [-0.05, 0) is 67.6 Å². The molecule has 156 valence electrons. The van der Waals surface area contributed by atoms with Gasteiger partial charge in [-0.2, -0.15) is 0 Å². The topological polar surface area (TPSA) is 66.5 Å². The molecular weight excluding hydrogens is 431 g/mol. The molecule has 3 rings (SSSR count).